The summed E-state index contributed by atoms with van der Waals surface area (Å²) in [7, 11) is 0. The highest BCUT2D eigenvalue weighted by Gasteiger charge is 2.01. The van der Waals surface area contributed by atoms with Crippen molar-refractivity contribution in [1.82, 2.24) is 5.32 Å². The molecule has 0 saturated carbocycles. The number of aliphatic hydroxyl groups excluding tert-OH is 1. The number of halogens is 1. The maximum atomic E-state index is 12.9. The fraction of sp³-hybridized carbons (Fsp3) is 0.500. The summed E-state index contributed by atoms with van der Waals surface area (Å²) >= 11 is 1.76. The van der Waals surface area contributed by atoms with Gasteiger partial charge in [-0.1, -0.05) is 0 Å². The van der Waals surface area contributed by atoms with Gasteiger partial charge in [0.2, 0.25) is 0 Å². The molecule has 1 rings (SSSR count). The Kier molecular flexibility index (Phi) is 7.00. The summed E-state index contributed by atoms with van der Waals surface area (Å²) in [6.07, 6.45) is 0.815. The van der Waals surface area contributed by atoms with Crippen molar-refractivity contribution in [3.05, 3.63) is 29.6 Å². The third-order valence-electron chi connectivity index (χ3n) is 2.23. The van der Waals surface area contributed by atoms with Crippen LogP contribution in [-0.2, 0) is 6.54 Å². The van der Waals surface area contributed by atoms with Crippen molar-refractivity contribution in [3.63, 3.8) is 0 Å². The summed E-state index contributed by atoms with van der Waals surface area (Å²) in [6.45, 7) is 1.49. The lowest BCUT2D eigenvalue weighted by atomic mass is 10.2. The average molecular weight is 259 g/mol. The third kappa shape index (κ3) is 5.91. The molecule has 1 aromatic carbocycles. The largest absolute Gasteiger partial charge is 0.508 e. The van der Waals surface area contributed by atoms with Gasteiger partial charge < -0.3 is 15.5 Å². The second-order valence-corrected chi connectivity index (χ2v) is 4.86. The van der Waals surface area contributed by atoms with Gasteiger partial charge in [-0.05, 0) is 30.4 Å². The summed E-state index contributed by atoms with van der Waals surface area (Å²) in [5.74, 6) is 1.67. The van der Waals surface area contributed by atoms with Gasteiger partial charge in [-0.2, -0.15) is 11.8 Å². The predicted molar refractivity (Wildman–Crippen MR) is 68.8 cm³/mol. The van der Waals surface area contributed by atoms with E-state index < -0.39 is 0 Å². The monoisotopic (exact) mass is 259 g/mol. The van der Waals surface area contributed by atoms with Crippen molar-refractivity contribution >= 4 is 11.8 Å². The molecule has 0 unspecified atom stereocenters. The van der Waals surface area contributed by atoms with Crippen molar-refractivity contribution in [3.8, 4) is 5.75 Å². The molecule has 1 aromatic rings. The van der Waals surface area contributed by atoms with Gasteiger partial charge in [0.1, 0.15) is 11.6 Å². The molecular formula is C12H18FNO2S. The molecule has 3 N–H and O–H groups in total. The molecule has 0 aliphatic carbocycles. The van der Waals surface area contributed by atoms with Crippen LogP contribution in [0.2, 0.25) is 0 Å². The lowest BCUT2D eigenvalue weighted by Crippen LogP contribution is -2.17. The van der Waals surface area contributed by atoms with Crippen molar-refractivity contribution in [2.75, 3.05) is 24.7 Å². The standard InChI is InChI=1S/C12H18FNO2S/c13-11-2-3-12(16)10(8-11)9-14-4-7-17-6-1-5-15/h2-3,8,14-16H,1,4-7,9H2. The molecule has 17 heavy (non-hydrogen) atoms. The Balaban J connectivity index is 2.15. The maximum Gasteiger partial charge on any atom is 0.123 e. The Morgan fingerprint density at radius 3 is 2.88 bits per heavy atom. The minimum atomic E-state index is -0.336. The van der Waals surface area contributed by atoms with Gasteiger partial charge in [0, 0.05) is 31.0 Å². The van der Waals surface area contributed by atoms with Crippen LogP contribution in [0.3, 0.4) is 0 Å². The Morgan fingerprint density at radius 1 is 1.29 bits per heavy atom. The average Bonchev–Trinajstić information content (AvgIpc) is 2.32. The van der Waals surface area contributed by atoms with Gasteiger partial charge >= 0.3 is 0 Å². The van der Waals surface area contributed by atoms with Crippen LogP contribution in [-0.4, -0.2) is 34.9 Å². The first-order chi connectivity index (χ1) is 8.24. The van der Waals surface area contributed by atoms with Crippen LogP contribution in [0.25, 0.3) is 0 Å². The first kappa shape index (κ1) is 14.3. The van der Waals surface area contributed by atoms with E-state index in [4.69, 9.17) is 5.11 Å². The van der Waals surface area contributed by atoms with Crippen LogP contribution >= 0.6 is 11.8 Å². The van der Waals surface area contributed by atoms with Gasteiger partial charge in [0.25, 0.3) is 0 Å². The Morgan fingerprint density at radius 2 is 2.12 bits per heavy atom. The fourth-order valence-electron chi connectivity index (χ4n) is 1.33. The molecule has 3 nitrogen and oxygen atoms in total. The van der Waals surface area contributed by atoms with E-state index in [-0.39, 0.29) is 18.2 Å². The quantitative estimate of drug-likeness (QED) is 0.622. The molecule has 96 valence electrons. The highest BCUT2D eigenvalue weighted by molar-refractivity contribution is 7.99. The first-order valence-corrected chi connectivity index (χ1v) is 6.76. The van der Waals surface area contributed by atoms with Gasteiger partial charge in [-0.25, -0.2) is 4.39 Å². The number of phenolic OH excluding ortho intramolecular Hbond substituents is 1. The van der Waals surface area contributed by atoms with Crippen LogP contribution < -0.4 is 5.32 Å². The predicted octanol–water partition coefficient (Wildman–Crippen LogP) is 1.74. The summed E-state index contributed by atoms with van der Waals surface area (Å²) in [5, 5.41) is 21.2. The molecule has 0 atom stereocenters. The SMILES string of the molecule is OCCCSCCNCc1cc(F)ccc1O. The molecule has 0 spiro atoms. The summed E-state index contributed by atoms with van der Waals surface area (Å²) in [5.41, 5.74) is 0.574. The lowest BCUT2D eigenvalue weighted by Gasteiger charge is -2.06. The van der Waals surface area contributed by atoms with Crippen molar-refractivity contribution in [2.45, 2.75) is 13.0 Å². The molecular weight excluding hydrogens is 241 g/mol. The Hall–Kier alpha value is -0.780. The number of nitrogens with one attached hydrogen (secondary N) is 1. The van der Waals surface area contributed by atoms with Crippen molar-refractivity contribution in [2.24, 2.45) is 0 Å². The highest BCUT2D eigenvalue weighted by atomic mass is 32.2. The van der Waals surface area contributed by atoms with Crippen molar-refractivity contribution < 1.29 is 14.6 Å². The molecule has 0 bridgehead atoms. The van der Waals surface area contributed by atoms with Gasteiger partial charge in [-0.3, -0.25) is 0 Å². The second-order valence-electron chi connectivity index (χ2n) is 3.64. The van der Waals surface area contributed by atoms with E-state index in [2.05, 4.69) is 5.32 Å². The molecule has 0 radical (unpaired) electrons. The van der Waals surface area contributed by atoms with E-state index in [0.717, 1.165) is 24.5 Å². The van der Waals surface area contributed by atoms with E-state index in [0.29, 0.717) is 12.1 Å². The lowest BCUT2D eigenvalue weighted by molar-refractivity contribution is 0.296. The molecule has 0 aliphatic heterocycles. The van der Waals surface area contributed by atoms with Crippen LogP contribution in [0, 0.1) is 5.82 Å². The second kappa shape index (κ2) is 8.33. The number of aliphatic hydroxyl groups is 1. The molecule has 0 heterocycles. The molecule has 0 aromatic heterocycles. The smallest absolute Gasteiger partial charge is 0.123 e. The summed E-state index contributed by atoms with van der Waals surface area (Å²) in [4.78, 5) is 0. The molecule has 0 amide bonds. The number of aromatic hydroxyl groups is 1. The summed E-state index contributed by atoms with van der Waals surface area (Å²) in [6, 6.07) is 3.94. The van der Waals surface area contributed by atoms with Gasteiger partial charge in [-0.15, -0.1) is 0 Å². The number of phenols is 1. The van der Waals surface area contributed by atoms with Gasteiger partial charge in [0.05, 0.1) is 0 Å². The van der Waals surface area contributed by atoms with E-state index in [1.54, 1.807) is 11.8 Å². The van der Waals surface area contributed by atoms with Crippen LogP contribution in [0.4, 0.5) is 4.39 Å². The van der Waals surface area contributed by atoms with Gasteiger partial charge in [0.15, 0.2) is 0 Å². The fourth-order valence-corrected chi connectivity index (χ4v) is 2.16. The normalized spacial score (nSPS) is 10.7. The van der Waals surface area contributed by atoms with Crippen molar-refractivity contribution in [1.29, 1.82) is 0 Å². The minimum Gasteiger partial charge on any atom is -0.508 e. The molecule has 5 heteroatoms. The zero-order chi connectivity index (χ0) is 12.5. The first-order valence-electron chi connectivity index (χ1n) is 5.60. The third-order valence-corrected chi connectivity index (χ3v) is 3.30. The Labute approximate surface area is 105 Å². The van der Waals surface area contributed by atoms with E-state index in [1.807, 2.05) is 0 Å². The van der Waals surface area contributed by atoms with Crippen LogP contribution in [0.15, 0.2) is 18.2 Å². The van der Waals surface area contributed by atoms with E-state index in [9.17, 15) is 9.50 Å². The van der Waals surface area contributed by atoms with E-state index in [1.165, 1.54) is 18.2 Å². The van der Waals surface area contributed by atoms with E-state index >= 15 is 0 Å². The minimum absolute atomic E-state index is 0.117. The Bertz CT molecular complexity index is 336. The highest BCUT2D eigenvalue weighted by Crippen LogP contribution is 2.17. The molecule has 0 fully saturated rings. The zero-order valence-corrected chi connectivity index (χ0v) is 10.5. The topological polar surface area (TPSA) is 52.5 Å². The number of hydrogen-bond acceptors (Lipinski definition) is 4. The molecule has 0 aliphatic rings. The maximum absolute atomic E-state index is 12.9. The number of thioether (sulfide) groups is 1. The number of hydrogen-bond donors (Lipinski definition) is 3. The van der Waals surface area contributed by atoms with Crippen LogP contribution in [0.5, 0.6) is 5.75 Å². The number of rotatable bonds is 8. The zero-order valence-electron chi connectivity index (χ0n) is 9.66. The summed E-state index contributed by atoms with van der Waals surface area (Å²) < 4.78 is 12.9. The molecule has 0 saturated heterocycles. The van der Waals surface area contributed by atoms with Crippen LogP contribution in [0.1, 0.15) is 12.0 Å². The number of benzene rings is 1.